The third kappa shape index (κ3) is 3.02. The van der Waals surface area contributed by atoms with E-state index in [2.05, 4.69) is 4.74 Å². The Morgan fingerprint density at radius 3 is 2.67 bits per heavy atom. The van der Waals surface area contributed by atoms with Gasteiger partial charge in [0.05, 0.1) is 16.9 Å². The highest BCUT2D eigenvalue weighted by Gasteiger charge is 2.14. The van der Waals surface area contributed by atoms with Gasteiger partial charge in [-0.15, -0.1) is 11.6 Å². The largest absolute Gasteiger partial charge is 0.434 e. The van der Waals surface area contributed by atoms with Crippen LogP contribution in [0.5, 0.6) is 5.75 Å². The Balaban J connectivity index is 3.07. The lowest BCUT2D eigenvalue weighted by atomic mass is 10.2. The van der Waals surface area contributed by atoms with E-state index in [1.165, 1.54) is 12.1 Å². The van der Waals surface area contributed by atoms with Gasteiger partial charge < -0.3 is 4.74 Å². The predicted molar refractivity (Wildman–Crippen MR) is 49.3 cm³/mol. The monoisotopic (exact) mass is 237 g/mol. The van der Waals surface area contributed by atoms with E-state index in [0.717, 1.165) is 6.07 Å². The zero-order valence-electron chi connectivity index (χ0n) is 7.32. The van der Waals surface area contributed by atoms with Crippen LogP contribution in [0.4, 0.5) is 14.5 Å². The van der Waals surface area contributed by atoms with Gasteiger partial charge >= 0.3 is 6.61 Å². The molecule has 0 fully saturated rings. The van der Waals surface area contributed by atoms with Gasteiger partial charge in [-0.25, -0.2) is 0 Å². The van der Waals surface area contributed by atoms with Crippen molar-refractivity contribution >= 4 is 17.3 Å². The number of nitrogens with zero attached hydrogens (tertiary/aromatic N) is 1. The zero-order chi connectivity index (χ0) is 11.4. The number of alkyl halides is 3. The van der Waals surface area contributed by atoms with Gasteiger partial charge in [-0.2, -0.15) is 8.78 Å². The van der Waals surface area contributed by atoms with E-state index < -0.39 is 11.5 Å². The standard InChI is InChI=1S/C8H6ClF2NO3/c9-4-5-1-2-6(12(13)14)3-7(5)15-8(10)11/h1-3,8H,4H2. The second-order valence-corrected chi connectivity index (χ2v) is 2.83. The van der Waals surface area contributed by atoms with E-state index in [1.807, 2.05) is 0 Å². The summed E-state index contributed by atoms with van der Waals surface area (Å²) in [5.74, 6) is -0.325. The molecule has 0 heterocycles. The van der Waals surface area contributed by atoms with Gasteiger partial charge in [0.15, 0.2) is 0 Å². The summed E-state index contributed by atoms with van der Waals surface area (Å²) in [5.41, 5.74) is -0.0397. The Labute approximate surface area is 88.6 Å². The molecule has 0 unspecified atom stereocenters. The third-order valence-corrected chi connectivity index (χ3v) is 1.91. The van der Waals surface area contributed by atoms with Crippen LogP contribution in [0.1, 0.15) is 5.56 Å². The quantitative estimate of drug-likeness (QED) is 0.460. The molecule has 0 aromatic heterocycles. The molecule has 7 heteroatoms. The molecule has 0 aliphatic carbocycles. The number of ether oxygens (including phenoxy) is 1. The van der Waals surface area contributed by atoms with Gasteiger partial charge in [-0.05, 0) is 6.07 Å². The highest BCUT2D eigenvalue weighted by Crippen LogP contribution is 2.27. The first-order valence-electron chi connectivity index (χ1n) is 3.82. The van der Waals surface area contributed by atoms with Crippen molar-refractivity contribution in [3.8, 4) is 5.75 Å². The van der Waals surface area contributed by atoms with Crippen LogP contribution in [0.15, 0.2) is 18.2 Å². The van der Waals surface area contributed by atoms with Gasteiger partial charge in [0, 0.05) is 11.6 Å². The number of benzene rings is 1. The summed E-state index contributed by atoms with van der Waals surface area (Å²) < 4.78 is 28.0. The molecule has 0 atom stereocenters. The molecule has 0 amide bonds. The van der Waals surface area contributed by atoms with Crippen LogP contribution in [0.3, 0.4) is 0 Å². The van der Waals surface area contributed by atoms with Crippen molar-refractivity contribution in [1.82, 2.24) is 0 Å². The molecule has 0 saturated heterocycles. The molecule has 1 aromatic rings. The van der Waals surface area contributed by atoms with Crippen molar-refractivity contribution in [2.75, 3.05) is 0 Å². The molecular formula is C8H6ClF2NO3. The molecular weight excluding hydrogens is 232 g/mol. The summed E-state index contributed by atoms with van der Waals surface area (Å²) in [7, 11) is 0. The minimum Gasteiger partial charge on any atom is -0.434 e. The molecule has 15 heavy (non-hydrogen) atoms. The first-order chi connectivity index (χ1) is 7.04. The van der Waals surface area contributed by atoms with Crippen LogP contribution in [-0.4, -0.2) is 11.5 Å². The third-order valence-electron chi connectivity index (χ3n) is 1.62. The molecule has 82 valence electrons. The molecule has 0 bridgehead atoms. The van der Waals surface area contributed by atoms with Crippen molar-refractivity contribution in [3.63, 3.8) is 0 Å². The lowest BCUT2D eigenvalue weighted by molar-refractivity contribution is -0.385. The minimum absolute atomic E-state index is 0.0555. The molecule has 1 rings (SSSR count). The summed E-state index contributed by atoms with van der Waals surface area (Å²) in [4.78, 5) is 9.67. The van der Waals surface area contributed by atoms with Gasteiger partial charge in [-0.1, -0.05) is 0 Å². The summed E-state index contributed by atoms with van der Waals surface area (Å²) in [6.07, 6.45) is 0. The average molecular weight is 238 g/mol. The van der Waals surface area contributed by atoms with E-state index >= 15 is 0 Å². The van der Waals surface area contributed by atoms with Crippen molar-refractivity contribution < 1.29 is 18.4 Å². The van der Waals surface area contributed by atoms with E-state index in [4.69, 9.17) is 11.6 Å². The highest BCUT2D eigenvalue weighted by molar-refractivity contribution is 6.17. The van der Waals surface area contributed by atoms with Crippen LogP contribution < -0.4 is 4.74 Å². The number of rotatable bonds is 4. The number of nitro groups is 1. The van der Waals surface area contributed by atoms with Gasteiger partial charge in [0.1, 0.15) is 5.75 Å². The van der Waals surface area contributed by atoms with Crippen LogP contribution >= 0.6 is 11.6 Å². The number of halogens is 3. The molecule has 0 aliphatic rings. The summed E-state index contributed by atoms with van der Waals surface area (Å²) in [6, 6.07) is 3.38. The lowest BCUT2D eigenvalue weighted by Gasteiger charge is -2.07. The molecule has 4 nitrogen and oxygen atoms in total. The zero-order valence-corrected chi connectivity index (χ0v) is 8.08. The lowest BCUT2D eigenvalue weighted by Crippen LogP contribution is -2.04. The van der Waals surface area contributed by atoms with E-state index in [1.54, 1.807) is 0 Å². The molecule has 0 spiro atoms. The Hall–Kier alpha value is -1.43. The van der Waals surface area contributed by atoms with E-state index in [-0.39, 0.29) is 22.9 Å². The smallest absolute Gasteiger partial charge is 0.387 e. The first kappa shape index (κ1) is 11.6. The molecule has 0 aliphatic heterocycles. The summed E-state index contributed by atoms with van der Waals surface area (Å²) >= 11 is 5.45. The van der Waals surface area contributed by atoms with Crippen molar-refractivity contribution in [3.05, 3.63) is 33.9 Å². The number of nitro benzene ring substituents is 1. The van der Waals surface area contributed by atoms with Crippen molar-refractivity contribution in [2.24, 2.45) is 0 Å². The topological polar surface area (TPSA) is 52.4 Å². The number of hydrogen-bond acceptors (Lipinski definition) is 3. The maximum absolute atomic E-state index is 11.9. The maximum atomic E-state index is 11.9. The number of non-ortho nitro benzene ring substituents is 1. The fourth-order valence-electron chi connectivity index (χ4n) is 0.973. The Morgan fingerprint density at radius 1 is 1.53 bits per heavy atom. The van der Waals surface area contributed by atoms with Crippen LogP contribution in [-0.2, 0) is 5.88 Å². The predicted octanol–water partition coefficient (Wildman–Crippen LogP) is 2.94. The van der Waals surface area contributed by atoms with Crippen molar-refractivity contribution in [1.29, 1.82) is 0 Å². The summed E-state index contributed by atoms with van der Waals surface area (Å²) in [6.45, 7) is -3.03. The Morgan fingerprint density at radius 2 is 2.20 bits per heavy atom. The highest BCUT2D eigenvalue weighted by atomic mass is 35.5. The fourth-order valence-corrected chi connectivity index (χ4v) is 1.19. The molecule has 0 N–H and O–H groups in total. The molecule has 1 aromatic carbocycles. The Bertz CT molecular complexity index is 373. The second kappa shape index (κ2) is 4.88. The SMILES string of the molecule is O=[N+]([O-])c1ccc(CCl)c(OC(F)F)c1. The van der Waals surface area contributed by atoms with E-state index in [9.17, 15) is 18.9 Å². The minimum atomic E-state index is -3.03. The normalized spacial score (nSPS) is 10.4. The van der Waals surface area contributed by atoms with Crippen molar-refractivity contribution in [2.45, 2.75) is 12.5 Å². The molecule has 0 saturated carbocycles. The van der Waals surface area contributed by atoms with Crippen LogP contribution in [0.25, 0.3) is 0 Å². The maximum Gasteiger partial charge on any atom is 0.387 e. The first-order valence-corrected chi connectivity index (χ1v) is 4.36. The van der Waals surface area contributed by atoms with Gasteiger partial charge in [-0.3, -0.25) is 10.1 Å². The van der Waals surface area contributed by atoms with Crippen LogP contribution in [0, 0.1) is 10.1 Å². The van der Waals surface area contributed by atoms with Gasteiger partial charge in [0.25, 0.3) is 5.69 Å². The average Bonchev–Trinajstić information content (AvgIpc) is 2.16. The van der Waals surface area contributed by atoms with Crippen LogP contribution in [0.2, 0.25) is 0 Å². The second-order valence-electron chi connectivity index (χ2n) is 2.56. The van der Waals surface area contributed by atoms with Gasteiger partial charge in [0.2, 0.25) is 0 Å². The summed E-state index contributed by atoms with van der Waals surface area (Å²) in [5, 5.41) is 10.4. The molecule has 0 radical (unpaired) electrons. The Kier molecular flexibility index (Phi) is 3.79. The van der Waals surface area contributed by atoms with E-state index in [0.29, 0.717) is 0 Å². The number of hydrogen-bond donors (Lipinski definition) is 0. The fraction of sp³-hybridized carbons (Fsp3) is 0.250.